The van der Waals surface area contributed by atoms with Crippen molar-refractivity contribution in [2.24, 2.45) is 5.92 Å². The number of carbonyl (C=O) groups is 2. The number of aliphatic carboxylic acids is 1. The quantitative estimate of drug-likeness (QED) is 0.310. The van der Waals surface area contributed by atoms with E-state index in [0.29, 0.717) is 60.2 Å². The number of aromatic nitrogens is 1. The normalized spacial score (nSPS) is 22.1. The number of halogens is 2. The first-order chi connectivity index (χ1) is 17.8. The Labute approximate surface area is 223 Å². The third-order valence-electron chi connectivity index (χ3n) is 7.14. The van der Waals surface area contributed by atoms with E-state index >= 15 is 4.39 Å². The van der Waals surface area contributed by atoms with Crippen molar-refractivity contribution in [2.45, 2.75) is 57.0 Å². The summed E-state index contributed by atoms with van der Waals surface area (Å²) in [6.07, 6.45) is 2.61. The van der Waals surface area contributed by atoms with Crippen LogP contribution in [0.25, 0.3) is 10.2 Å². The van der Waals surface area contributed by atoms with Crippen molar-refractivity contribution in [3.8, 4) is 0 Å². The minimum Gasteiger partial charge on any atom is -0.481 e. The van der Waals surface area contributed by atoms with Crippen molar-refractivity contribution in [3.05, 3.63) is 53.1 Å². The van der Waals surface area contributed by atoms with E-state index in [1.165, 1.54) is 16.2 Å². The number of fused-ring (bicyclic) bond motifs is 1. The van der Waals surface area contributed by atoms with E-state index < -0.39 is 29.8 Å². The highest BCUT2D eigenvalue weighted by molar-refractivity contribution is 7.22. The number of hydrogen-bond donors (Lipinski definition) is 2. The molecule has 0 radical (unpaired) electrons. The lowest BCUT2D eigenvalue weighted by atomic mass is 9.87. The first kappa shape index (κ1) is 26.0. The number of benzene rings is 2. The molecule has 5 rings (SSSR count). The van der Waals surface area contributed by atoms with Gasteiger partial charge < -0.3 is 15.2 Å². The van der Waals surface area contributed by atoms with Crippen LogP contribution in [-0.4, -0.2) is 51.9 Å². The topological polar surface area (TPSA) is 91.8 Å². The molecule has 3 aromatic rings. The van der Waals surface area contributed by atoms with Gasteiger partial charge in [-0.05, 0) is 68.4 Å². The summed E-state index contributed by atoms with van der Waals surface area (Å²) in [5, 5.41) is 13.6. The number of nitrogens with zero attached hydrogens (tertiary/aromatic N) is 2. The van der Waals surface area contributed by atoms with Gasteiger partial charge in [0.05, 0.1) is 32.9 Å². The second-order valence-corrected chi connectivity index (χ2v) is 11.1. The molecule has 0 spiro atoms. The molecule has 1 atom stereocenters. The highest BCUT2D eigenvalue weighted by Gasteiger charge is 2.48. The van der Waals surface area contributed by atoms with Crippen LogP contribution in [0.4, 0.5) is 15.2 Å². The van der Waals surface area contributed by atoms with Crippen LogP contribution in [-0.2, 0) is 20.7 Å². The standard InChI is InChI=1S/C27H29ClFN3O4S/c28-20-15-17(7-12-21(20)30-26-31-22-5-1-2-6-23(22)37-26)16-24(33)27(29,32-13-3-4-14-32)36-19-10-8-18(9-11-19)25(34)35/h1-2,5-7,12,15,18-19H,3-4,8-11,13-14,16H2,(H,30,31)(H,34,35)/t18-,19-,27?. The molecule has 10 heteroatoms. The predicted octanol–water partition coefficient (Wildman–Crippen LogP) is 6.18. The van der Waals surface area contributed by atoms with Gasteiger partial charge in [-0.3, -0.25) is 9.59 Å². The zero-order chi connectivity index (χ0) is 26.0. The smallest absolute Gasteiger partial charge is 0.330 e. The van der Waals surface area contributed by atoms with E-state index in [2.05, 4.69) is 10.3 Å². The lowest BCUT2D eigenvalue weighted by molar-refractivity contribution is -0.252. The van der Waals surface area contributed by atoms with Crippen molar-refractivity contribution >= 4 is 55.7 Å². The molecule has 37 heavy (non-hydrogen) atoms. The van der Waals surface area contributed by atoms with Crippen molar-refractivity contribution in [1.29, 1.82) is 0 Å². The number of carbonyl (C=O) groups excluding carboxylic acids is 1. The number of thiazole rings is 1. The fourth-order valence-corrected chi connectivity index (χ4v) is 6.20. The third kappa shape index (κ3) is 5.80. The molecule has 196 valence electrons. The van der Waals surface area contributed by atoms with Crippen molar-refractivity contribution in [2.75, 3.05) is 18.4 Å². The molecular formula is C27H29ClFN3O4S. The highest BCUT2D eigenvalue weighted by Crippen LogP contribution is 2.35. The molecule has 1 saturated carbocycles. The van der Waals surface area contributed by atoms with Gasteiger partial charge in [0.15, 0.2) is 5.13 Å². The zero-order valence-corrected chi connectivity index (χ0v) is 21.9. The molecule has 2 fully saturated rings. The molecule has 1 aliphatic heterocycles. The van der Waals surface area contributed by atoms with E-state index in [9.17, 15) is 14.7 Å². The van der Waals surface area contributed by atoms with Crippen LogP contribution in [0, 0.1) is 5.92 Å². The third-order valence-corrected chi connectivity index (χ3v) is 8.40. The van der Waals surface area contributed by atoms with E-state index in [0.717, 1.165) is 23.1 Å². The van der Waals surface area contributed by atoms with Gasteiger partial charge in [0.1, 0.15) is 0 Å². The van der Waals surface area contributed by atoms with E-state index in [1.54, 1.807) is 18.2 Å². The Bertz CT molecular complexity index is 1260. The maximum Gasteiger partial charge on any atom is 0.330 e. The number of rotatable bonds is 9. The number of Topliss-reactive ketones (excluding diaryl/α,β-unsaturated/α-hetero) is 1. The summed E-state index contributed by atoms with van der Waals surface area (Å²) in [6.45, 7) is 0.886. The van der Waals surface area contributed by atoms with Crippen LogP contribution in [0.3, 0.4) is 0 Å². The Morgan fingerprint density at radius 1 is 1.16 bits per heavy atom. The monoisotopic (exact) mass is 545 g/mol. The second-order valence-electron chi connectivity index (χ2n) is 9.71. The number of ether oxygens (including phenoxy) is 1. The second kappa shape index (κ2) is 11.0. The van der Waals surface area contributed by atoms with Crippen LogP contribution in [0.5, 0.6) is 0 Å². The molecule has 0 amide bonds. The molecular weight excluding hydrogens is 517 g/mol. The lowest BCUT2D eigenvalue weighted by Gasteiger charge is -2.37. The molecule has 2 N–H and O–H groups in total. The molecule has 1 aliphatic carbocycles. The number of anilines is 2. The summed E-state index contributed by atoms with van der Waals surface area (Å²) < 4.78 is 23.3. The molecule has 1 saturated heterocycles. The first-order valence-electron chi connectivity index (χ1n) is 12.6. The van der Waals surface area contributed by atoms with Crippen molar-refractivity contribution in [1.82, 2.24) is 9.88 Å². The van der Waals surface area contributed by atoms with Gasteiger partial charge in [-0.15, -0.1) is 0 Å². The number of alkyl halides is 1. The Hall–Kier alpha value is -2.59. The van der Waals surface area contributed by atoms with Gasteiger partial charge in [0.25, 0.3) is 0 Å². The molecule has 7 nitrogen and oxygen atoms in total. The van der Waals surface area contributed by atoms with Crippen LogP contribution in [0.2, 0.25) is 5.02 Å². The molecule has 2 heterocycles. The summed E-state index contributed by atoms with van der Waals surface area (Å²) in [4.78, 5) is 30.6. The molecule has 2 aromatic carbocycles. The molecule has 1 aromatic heterocycles. The van der Waals surface area contributed by atoms with Gasteiger partial charge in [-0.1, -0.05) is 41.1 Å². The van der Waals surface area contributed by atoms with E-state index in [1.807, 2.05) is 24.3 Å². The van der Waals surface area contributed by atoms with Crippen molar-refractivity contribution in [3.63, 3.8) is 0 Å². The zero-order valence-electron chi connectivity index (χ0n) is 20.3. The number of nitrogens with one attached hydrogen (secondary N) is 1. The first-order valence-corrected chi connectivity index (χ1v) is 13.8. The van der Waals surface area contributed by atoms with Crippen LogP contribution in [0.1, 0.15) is 44.1 Å². The Morgan fingerprint density at radius 3 is 2.57 bits per heavy atom. The van der Waals surface area contributed by atoms with Crippen molar-refractivity contribution < 1.29 is 23.8 Å². The fourth-order valence-electron chi connectivity index (χ4n) is 5.08. The van der Waals surface area contributed by atoms with Crippen LogP contribution < -0.4 is 5.32 Å². The predicted molar refractivity (Wildman–Crippen MR) is 142 cm³/mol. The Morgan fingerprint density at radius 2 is 1.89 bits per heavy atom. The number of hydrogen-bond acceptors (Lipinski definition) is 7. The Balaban J connectivity index is 1.28. The van der Waals surface area contributed by atoms with Crippen LogP contribution >= 0.6 is 22.9 Å². The number of ketones is 1. The minimum atomic E-state index is -2.54. The maximum absolute atomic E-state index is 16.4. The summed E-state index contributed by atoms with van der Waals surface area (Å²) in [7, 11) is 0. The summed E-state index contributed by atoms with van der Waals surface area (Å²) in [5.41, 5.74) is 2.13. The average Bonchev–Trinajstić information content (AvgIpc) is 3.56. The number of carboxylic acids is 1. The van der Waals surface area contributed by atoms with E-state index in [-0.39, 0.29) is 6.42 Å². The lowest BCUT2D eigenvalue weighted by Crippen LogP contribution is -2.54. The largest absolute Gasteiger partial charge is 0.481 e. The minimum absolute atomic E-state index is 0.168. The van der Waals surface area contributed by atoms with Gasteiger partial charge in [-0.2, -0.15) is 4.39 Å². The van der Waals surface area contributed by atoms with Crippen LogP contribution in [0.15, 0.2) is 42.5 Å². The highest BCUT2D eigenvalue weighted by atomic mass is 35.5. The van der Waals surface area contributed by atoms with Gasteiger partial charge in [-0.25, -0.2) is 9.88 Å². The van der Waals surface area contributed by atoms with Gasteiger partial charge in [0, 0.05) is 19.5 Å². The maximum atomic E-state index is 16.4. The molecule has 1 unspecified atom stereocenters. The number of carboxylic acid groups (broad SMARTS) is 1. The SMILES string of the molecule is O=C(Cc1ccc(Nc2nc3ccccc3s2)c(Cl)c1)C(F)(O[C@H]1CC[C@H](C(=O)O)CC1)N1CCCC1. The summed E-state index contributed by atoms with van der Waals surface area (Å²) >= 11 is 8.03. The molecule has 0 bridgehead atoms. The van der Waals surface area contributed by atoms with Gasteiger partial charge >= 0.3 is 11.9 Å². The summed E-state index contributed by atoms with van der Waals surface area (Å²) in [5.74, 6) is -4.48. The fraction of sp³-hybridized carbons (Fsp3) is 0.444. The summed E-state index contributed by atoms with van der Waals surface area (Å²) in [6, 6.07) is 13.0. The van der Waals surface area contributed by atoms with Gasteiger partial charge in [0.2, 0.25) is 5.78 Å². The van der Waals surface area contributed by atoms with E-state index in [4.69, 9.17) is 16.3 Å². The number of likely N-dealkylation sites (tertiary alicyclic amines) is 1. The molecule has 2 aliphatic rings. The average molecular weight is 546 g/mol. The number of para-hydroxylation sites is 1. The Kier molecular flexibility index (Phi) is 7.76.